The molecule has 2 aromatic rings. The predicted molar refractivity (Wildman–Crippen MR) is 79.3 cm³/mol. The van der Waals surface area contributed by atoms with Crippen molar-refractivity contribution in [2.24, 2.45) is 0 Å². The van der Waals surface area contributed by atoms with Crippen molar-refractivity contribution in [3.05, 3.63) is 22.2 Å². The van der Waals surface area contributed by atoms with Crippen molar-refractivity contribution in [1.82, 2.24) is 15.2 Å². The molecule has 8 heteroatoms. The number of hydrogen-bond donors (Lipinski definition) is 1. The highest BCUT2D eigenvalue weighted by atomic mass is 16.6. The zero-order valence-corrected chi connectivity index (χ0v) is 12.4. The third kappa shape index (κ3) is 3.27. The SMILES string of the molecule is CCN(CC)CC(C)Nc1ccc([N+](=O)[O-])c2nonc12. The molecule has 0 aliphatic carbocycles. The summed E-state index contributed by atoms with van der Waals surface area (Å²) in [4.78, 5) is 12.7. The van der Waals surface area contributed by atoms with Crippen LogP contribution in [0.5, 0.6) is 0 Å². The summed E-state index contributed by atoms with van der Waals surface area (Å²) in [6.07, 6.45) is 0. The molecule has 0 aliphatic rings. The Morgan fingerprint density at radius 1 is 1.33 bits per heavy atom. The van der Waals surface area contributed by atoms with E-state index in [1.165, 1.54) is 6.07 Å². The van der Waals surface area contributed by atoms with Gasteiger partial charge in [-0.2, -0.15) is 0 Å². The van der Waals surface area contributed by atoms with Crippen LogP contribution >= 0.6 is 0 Å². The number of hydrogen-bond acceptors (Lipinski definition) is 7. The highest BCUT2D eigenvalue weighted by molar-refractivity contribution is 5.93. The minimum absolute atomic E-state index is 0.104. The molecule has 8 nitrogen and oxygen atoms in total. The molecule has 1 atom stereocenters. The van der Waals surface area contributed by atoms with E-state index in [9.17, 15) is 10.1 Å². The molecule has 1 aromatic carbocycles. The van der Waals surface area contributed by atoms with Crippen LogP contribution in [0.15, 0.2) is 16.8 Å². The van der Waals surface area contributed by atoms with Crippen molar-refractivity contribution in [3.63, 3.8) is 0 Å². The summed E-state index contributed by atoms with van der Waals surface area (Å²) < 4.78 is 4.65. The average Bonchev–Trinajstić information content (AvgIpc) is 2.94. The van der Waals surface area contributed by atoms with Crippen molar-refractivity contribution < 1.29 is 9.55 Å². The van der Waals surface area contributed by atoms with Crippen LogP contribution in [0.2, 0.25) is 0 Å². The second-order valence-electron chi connectivity index (χ2n) is 4.88. The van der Waals surface area contributed by atoms with Crippen LogP contribution < -0.4 is 5.32 Å². The molecule has 0 bridgehead atoms. The fourth-order valence-corrected chi connectivity index (χ4v) is 2.30. The van der Waals surface area contributed by atoms with Crippen LogP contribution in [0.3, 0.4) is 0 Å². The second-order valence-corrected chi connectivity index (χ2v) is 4.88. The van der Waals surface area contributed by atoms with Gasteiger partial charge < -0.3 is 10.2 Å². The van der Waals surface area contributed by atoms with Crippen molar-refractivity contribution in [2.45, 2.75) is 26.8 Å². The van der Waals surface area contributed by atoms with Crippen molar-refractivity contribution in [2.75, 3.05) is 25.0 Å². The van der Waals surface area contributed by atoms with E-state index in [1.807, 2.05) is 0 Å². The molecule has 0 amide bonds. The van der Waals surface area contributed by atoms with Crippen LogP contribution in [0.1, 0.15) is 20.8 Å². The van der Waals surface area contributed by atoms with Gasteiger partial charge in [0.25, 0.3) is 0 Å². The zero-order valence-electron chi connectivity index (χ0n) is 12.4. The highest BCUT2D eigenvalue weighted by Crippen LogP contribution is 2.29. The van der Waals surface area contributed by atoms with Gasteiger partial charge in [0.15, 0.2) is 5.52 Å². The van der Waals surface area contributed by atoms with Crippen molar-refractivity contribution in [1.29, 1.82) is 0 Å². The smallest absolute Gasteiger partial charge is 0.300 e. The number of aromatic nitrogens is 2. The summed E-state index contributed by atoms with van der Waals surface area (Å²) in [6.45, 7) is 9.10. The average molecular weight is 293 g/mol. The lowest BCUT2D eigenvalue weighted by Gasteiger charge is -2.24. The topological polar surface area (TPSA) is 97.3 Å². The van der Waals surface area contributed by atoms with Crippen LogP contribution in [0, 0.1) is 10.1 Å². The van der Waals surface area contributed by atoms with Gasteiger partial charge in [0, 0.05) is 18.7 Å². The Kier molecular flexibility index (Phi) is 4.69. The molecule has 0 radical (unpaired) electrons. The fourth-order valence-electron chi connectivity index (χ4n) is 2.30. The first-order valence-corrected chi connectivity index (χ1v) is 6.95. The van der Waals surface area contributed by atoms with Gasteiger partial charge in [0.1, 0.15) is 0 Å². The third-order valence-corrected chi connectivity index (χ3v) is 3.42. The maximum absolute atomic E-state index is 10.9. The van der Waals surface area contributed by atoms with Gasteiger partial charge in [-0.25, -0.2) is 4.63 Å². The van der Waals surface area contributed by atoms with Gasteiger partial charge >= 0.3 is 5.69 Å². The number of nitro groups is 1. The monoisotopic (exact) mass is 293 g/mol. The van der Waals surface area contributed by atoms with Gasteiger partial charge in [-0.3, -0.25) is 10.1 Å². The number of non-ortho nitro benzene ring substituents is 1. The van der Waals surface area contributed by atoms with Crippen LogP contribution in [-0.2, 0) is 0 Å². The molecule has 2 rings (SSSR count). The number of benzene rings is 1. The number of anilines is 1. The Morgan fingerprint density at radius 2 is 2.00 bits per heavy atom. The Morgan fingerprint density at radius 3 is 2.62 bits per heavy atom. The Labute approximate surface area is 122 Å². The van der Waals surface area contributed by atoms with E-state index in [1.54, 1.807) is 6.07 Å². The Hall–Kier alpha value is -2.22. The summed E-state index contributed by atoms with van der Waals surface area (Å²) in [5.41, 5.74) is 1.14. The number of rotatable bonds is 7. The summed E-state index contributed by atoms with van der Waals surface area (Å²) in [5, 5.41) is 21.6. The molecule has 0 spiro atoms. The molecule has 1 heterocycles. The lowest BCUT2D eigenvalue weighted by atomic mass is 10.2. The Bertz CT molecular complexity index is 623. The Balaban J connectivity index is 2.21. The van der Waals surface area contributed by atoms with Crippen molar-refractivity contribution in [3.8, 4) is 0 Å². The van der Waals surface area contributed by atoms with Gasteiger partial charge in [0.2, 0.25) is 5.52 Å². The van der Waals surface area contributed by atoms with Gasteiger partial charge in [-0.15, -0.1) is 0 Å². The summed E-state index contributed by atoms with van der Waals surface area (Å²) >= 11 is 0. The van der Waals surface area contributed by atoms with Gasteiger partial charge in [-0.1, -0.05) is 13.8 Å². The van der Waals surface area contributed by atoms with Crippen LogP contribution in [0.4, 0.5) is 11.4 Å². The molecule has 0 saturated heterocycles. The summed E-state index contributed by atoms with van der Waals surface area (Å²) in [7, 11) is 0. The predicted octanol–water partition coefficient (Wildman–Crippen LogP) is 2.27. The minimum Gasteiger partial charge on any atom is -0.379 e. The van der Waals surface area contributed by atoms with Gasteiger partial charge in [0.05, 0.1) is 10.6 Å². The lowest BCUT2D eigenvalue weighted by Crippen LogP contribution is -2.34. The molecule has 21 heavy (non-hydrogen) atoms. The molecule has 0 saturated carbocycles. The van der Waals surface area contributed by atoms with Crippen molar-refractivity contribution >= 4 is 22.4 Å². The molecule has 1 N–H and O–H groups in total. The number of nitrogens with zero attached hydrogens (tertiary/aromatic N) is 4. The molecule has 114 valence electrons. The summed E-state index contributed by atoms with van der Waals surface area (Å²) in [5.74, 6) is 0. The molecule has 0 fully saturated rings. The number of likely N-dealkylation sites (N-methyl/N-ethyl adjacent to an activating group) is 1. The first-order valence-electron chi connectivity index (χ1n) is 6.95. The van der Waals surface area contributed by atoms with E-state index in [2.05, 4.69) is 45.9 Å². The number of fused-ring (bicyclic) bond motifs is 1. The van der Waals surface area contributed by atoms with E-state index in [0.29, 0.717) is 11.2 Å². The first-order chi connectivity index (χ1) is 10.1. The zero-order chi connectivity index (χ0) is 15.4. The largest absolute Gasteiger partial charge is 0.379 e. The van der Waals surface area contributed by atoms with E-state index < -0.39 is 4.92 Å². The van der Waals surface area contributed by atoms with E-state index in [0.717, 1.165) is 19.6 Å². The minimum atomic E-state index is -0.490. The quantitative estimate of drug-likeness (QED) is 0.617. The normalized spacial score (nSPS) is 12.8. The molecule has 0 aliphatic heterocycles. The lowest BCUT2D eigenvalue weighted by molar-refractivity contribution is -0.383. The standard InChI is InChI=1S/C13H19N5O3/c1-4-17(5-2)8-9(3)14-10-6-7-11(18(19)20)13-12(10)15-21-16-13/h6-7,9,14H,4-5,8H2,1-3H3. The summed E-state index contributed by atoms with van der Waals surface area (Å²) in [6, 6.07) is 3.23. The van der Waals surface area contributed by atoms with E-state index >= 15 is 0 Å². The van der Waals surface area contributed by atoms with Crippen LogP contribution in [-0.4, -0.2) is 45.8 Å². The van der Waals surface area contributed by atoms with E-state index in [-0.39, 0.29) is 17.2 Å². The maximum atomic E-state index is 10.9. The number of nitrogens with one attached hydrogen (secondary N) is 1. The fraction of sp³-hybridized carbons (Fsp3) is 0.538. The second kappa shape index (κ2) is 6.49. The molecule has 1 aromatic heterocycles. The van der Waals surface area contributed by atoms with Crippen LogP contribution in [0.25, 0.3) is 11.0 Å². The third-order valence-electron chi connectivity index (χ3n) is 3.42. The molecular formula is C13H19N5O3. The molecule has 1 unspecified atom stereocenters. The van der Waals surface area contributed by atoms with Gasteiger partial charge in [-0.05, 0) is 36.4 Å². The number of nitro benzene ring substituents is 1. The first kappa shape index (κ1) is 15.2. The maximum Gasteiger partial charge on any atom is 0.300 e. The van der Waals surface area contributed by atoms with E-state index in [4.69, 9.17) is 0 Å². The highest BCUT2D eigenvalue weighted by Gasteiger charge is 2.20. The molecular weight excluding hydrogens is 274 g/mol.